The molecule has 0 spiro atoms. The van der Waals surface area contributed by atoms with Gasteiger partial charge in [0, 0.05) is 33.8 Å². The molecule has 4 aromatic rings. The van der Waals surface area contributed by atoms with E-state index in [9.17, 15) is 21.6 Å². The fraction of sp³-hybridized carbons (Fsp3) is 0.349. The van der Waals surface area contributed by atoms with Gasteiger partial charge in [-0.05, 0) is 123 Å². The lowest BCUT2D eigenvalue weighted by Gasteiger charge is -2.32. The van der Waals surface area contributed by atoms with Gasteiger partial charge in [0.2, 0.25) is 0 Å². The molecule has 2 heterocycles. The van der Waals surface area contributed by atoms with E-state index in [1.807, 2.05) is 31.7 Å². The number of ether oxygens (including phenoxy) is 1. The summed E-state index contributed by atoms with van der Waals surface area (Å²) in [7, 11) is -3.90. The first-order chi connectivity index (χ1) is 25.3. The Labute approximate surface area is 322 Å². The Balaban J connectivity index is 0.000000230. The molecule has 0 saturated heterocycles. The Morgan fingerprint density at radius 3 is 2.09 bits per heavy atom. The van der Waals surface area contributed by atoms with E-state index in [-0.39, 0.29) is 16.8 Å². The predicted molar refractivity (Wildman–Crippen MR) is 219 cm³/mol. The highest BCUT2D eigenvalue weighted by Crippen LogP contribution is 2.41. The topological polar surface area (TPSA) is 76.7 Å². The number of hydrogen-bond donors (Lipinski definition) is 2. The van der Waals surface area contributed by atoms with Crippen molar-refractivity contribution in [2.45, 2.75) is 77.4 Å². The smallest absolute Gasteiger partial charge is 0.496 e. The minimum atomic E-state index is -5.66. The molecule has 0 bridgehead atoms. The second-order valence-electron chi connectivity index (χ2n) is 15.0. The van der Waals surface area contributed by atoms with Crippen LogP contribution in [0.15, 0.2) is 97.1 Å². The maximum Gasteiger partial charge on any atom is 0.534 e. The van der Waals surface area contributed by atoms with Crippen molar-refractivity contribution in [3.05, 3.63) is 119 Å². The average molecular weight is 779 g/mol. The van der Waals surface area contributed by atoms with E-state index in [0.29, 0.717) is 17.2 Å². The van der Waals surface area contributed by atoms with Crippen LogP contribution in [0, 0.1) is 0 Å². The van der Waals surface area contributed by atoms with Crippen molar-refractivity contribution in [2.75, 3.05) is 29.2 Å². The third kappa shape index (κ3) is 10.0. The van der Waals surface area contributed by atoms with Crippen molar-refractivity contribution in [3.8, 4) is 22.6 Å². The number of alkyl halides is 3. The van der Waals surface area contributed by atoms with Gasteiger partial charge in [0.25, 0.3) is 0 Å². The van der Waals surface area contributed by atoms with E-state index < -0.39 is 15.6 Å². The zero-order chi connectivity index (χ0) is 39.5. The first kappa shape index (κ1) is 40.8. The Morgan fingerprint density at radius 1 is 0.796 bits per heavy atom. The number of aryl methyl sites for hydroxylation is 1. The van der Waals surface area contributed by atoms with Gasteiger partial charge in [-0.3, -0.25) is 0 Å². The first-order valence-corrected chi connectivity index (χ1v) is 20.4. The summed E-state index contributed by atoms with van der Waals surface area (Å²) in [6, 6.07) is 28.0. The summed E-state index contributed by atoms with van der Waals surface area (Å²) in [5.74, 6) is 3.16. The van der Waals surface area contributed by atoms with Gasteiger partial charge in [-0.15, -0.1) is 0 Å². The van der Waals surface area contributed by atoms with Crippen LogP contribution in [0.1, 0.15) is 76.6 Å². The second-order valence-corrected chi connectivity index (χ2v) is 17.7. The molecule has 54 heavy (non-hydrogen) atoms. The van der Waals surface area contributed by atoms with E-state index >= 15 is 0 Å². The van der Waals surface area contributed by atoms with Gasteiger partial charge < -0.3 is 19.6 Å². The number of fused-ring (bicyclic) bond motifs is 2. The normalized spacial score (nSPS) is 15.6. The number of benzene rings is 4. The third-order valence-corrected chi connectivity index (χ3v) is 11.1. The Hall–Kier alpha value is -4.35. The molecule has 6 nitrogen and oxygen atoms in total. The van der Waals surface area contributed by atoms with Crippen molar-refractivity contribution in [1.82, 2.24) is 0 Å². The van der Waals surface area contributed by atoms with Gasteiger partial charge in [-0.1, -0.05) is 68.5 Å². The molecule has 0 fully saturated rings. The summed E-state index contributed by atoms with van der Waals surface area (Å²) >= 11 is 2.01. The maximum absolute atomic E-state index is 12.3. The van der Waals surface area contributed by atoms with Gasteiger partial charge in [-0.25, -0.2) is 0 Å². The Morgan fingerprint density at radius 2 is 1.44 bits per heavy atom. The molecule has 11 heteroatoms. The van der Waals surface area contributed by atoms with E-state index in [1.54, 1.807) is 14.0 Å². The highest BCUT2D eigenvalue weighted by atomic mass is 32.2. The fourth-order valence-corrected chi connectivity index (χ4v) is 8.05. The summed E-state index contributed by atoms with van der Waals surface area (Å²) < 4.78 is 68.7. The molecule has 4 aromatic carbocycles. The number of allylic oxidation sites excluding steroid dienone is 1. The molecule has 288 valence electrons. The van der Waals surface area contributed by atoms with Gasteiger partial charge >= 0.3 is 15.6 Å². The van der Waals surface area contributed by atoms with Crippen LogP contribution in [0.4, 0.5) is 24.5 Å². The fourth-order valence-electron chi connectivity index (χ4n) is 6.62. The van der Waals surface area contributed by atoms with Crippen LogP contribution in [0.3, 0.4) is 0 Å². The highest BCUT2D eigenvalue weighted by Gasteiger charge is 2.48. The Bertz CT molecular complexity index is 2140. The molecule has 0 atom stereocenters. The lowest BCUT2D eigenvalue weighted by Crippen LogP contribution is -2.32. The molecule has 0 saturated carbocycles. The number of anilines is 2. The van der Waals surface area contributed by atoms with Crippen LogP contribution >= 0.6 is 11.8 Å². The minimum Gasteiger partial charge on any atom is -0.496 e. The van der Waals surface area contributed by atoms with E-state index in [2.05, 4.69) is 115 Å². The lowest BCUT2D eigenvalue weighted by atomic mass is 9.88. The largest absolute Gasteiger partial charge is 0.534 e. The monoisotopic (exact) mass is 778 g/mol. The molecular weight excluding hydrogens is 730 g/mol. The molecule has 0 aliphatic carbocycles. The number of rotatable bonds is 10. The average Bonchev–Trinajstić information content (AvgIpc) is 3.09. The first-order valence-electron chi connectivity index (χ1n) is 17.8. The minimum absolute atomic E-state index is 0.0565. The quantitative estimate of drug-likeness (QED) is 0.0943. The standard InChI is InChI=1S/C30H35NOS.C13H14F3NO3S/c1-21(2)23-12-14-29(32-5)27(17-23)24-11-13-28-26(18-24)25(19-30(3,4)31-28)20-33-16-15-22-9-7-6-8-10-22;1-8-7-12(2,3)17-11-5-4-9(6-10(8)11)20-21(18,19)13(14,15)16/h6-14,17-19,21,31H,15-16,20H2,1-5H3;4-7,17H,1-3H3. The Kier molecular flexibility index (Phi) is 12.2. The zero-order valence-electron chi connectivity index (χ0n) is 32.0. The van der Waals surface area contributed by atoms with E-state index in [4.69, 9.17) is 4.74 Å². The number of hydrogen-bond acceptors (Lipinski definition) is 7. The molecule has 2 N–H and O–H groups in total. The van der Waals surface area contributed by atoms with Crippen molar-refractivity contribution in [1.29, 1.82) is 0 Å². The van der Waals surface area contributed by atoms with E-state index in [0.717, 1.165) is 34.8 Å². The van der Waals surface area contributed by atoms with Crippen LogP contribution in [-0.2, 0) is 16.5 Å². The van der Waals surface area contributed by atoms with Crippen molar-refractivity contribution in [3.63, 3.8) is 0 Å². The van der Waals surface area contributed by atoms with Gasteiger partial charge in [0.05, 0.1) is 18.2 Å². The second kappa shape index (κ2) is 16.2. The molecular formula is C43H49F3N2O4S2. The third-order valence-electron chi connectivity index (χ3n) is 9.13. The van der Waals surface area contributed by atoms with Crippen LogP contribution in [-0.4, -0.2) is 43.6 Å². The molecule has 0 unspecified atom stereocenters. The summed E-state index contributed by atoms with van der Waals surface area (Å²) in [6.45, 7) is 14.6. The van der Waals surface area contributed by atoms with Crippen LogP contribution in [0.5, 0.6) is 11.5 Å². The number of halogens is 3. The molecule has 2 aliphatic heterocycles. The van der Waals surface area contributed by atoms with Gasteiger partial charge in [0.15, 0.2) is 0 Å². The van der Waals surface area contributed by atoms with Crippen molar-refractivity contribution >= 4 is 44.4 Å². The number of methoxy groups -OCH3 is 1. The van der Waals surface area contributed by atoms with Crippen LogP contribution in [0.2, 0.25) is 0 Å². The van der Waals surface area contributed by atoms with Crippen LogP contribution < -0.4 is 19.6 Å². The van der Waals surface area contributed by atoms with Crippen molar-refractivity contribution < 1.29 is 30.5 Å². The van der Waals surface area contributed by atoms with Crippen molar-refractivity contribution in [2.24, 2.45) is 0 Å². The summed E-state index contributed by atoms with van der Waals surface area (Å²) in [4.78, 5) is 0. The molecule has 6 rings (SSSR count). The molecule has 2 aliphatic rings. The predicted octanol–water partition coefficient (Wildman–Crippen LogP) is 11.6. The summed E-state index contributed by atoms with van der Waals surface area (Å²) in [5, 5.41) is 6.89. The van der Waals surface area contributed by atoms with E-state index in [1.165, 1.54) is 51.7 Å². The molecule has 0 radical (unpaired) electrons. The summed E-state index contributed by atoms with van der Waals surface area (Å²) in [5.41, 5.74) is 5.35. The zero-order valence-corrected chi connectivity index (χ0v) is 33.7. The number of nitrogens with one attached hydrogen (secondary N) is 2. The highest BCUT2D eigenvalue weighted by molar-refractivity contribution is 7.99. The molecule has 0 aromatic heterocycles. The lowest BCUT2D eigenvalue weighted by molar-refractivity contribution is -0.0500. The maximum atomic E-state index is 12.3. The van der Waals surface area contributed by atoms with Gasteiger partial charge in [0.1, 0.15) is 11.5 Å². The molecule has 0 amide bonds. The summed E-state index contributed by atoms with van der Waals surface area (Å²) in [6.07, 6.45) is 5.40. The van der Waals surface area contributed by atoms with Crippen LogP contribution in [0.25, 0.3) is 22.3 Å². The SMILES string of the molecule is CC1=CC(C)(C)Nc2ccc(OS(=O)(=O)C(F)(F)F)cc21.COc1ccc(C(C)C)cc1-c1ccc2c(c1)C(CSCCc1ccccc1)=CC(C)(C)N2. The van der Waals surface area contributed by atoms with Gasteiger partial charge in [-0.2, -0.15) is 33.4 Å². The number of thioether (sulfide) groups is 1.